The van der Waals surface area contributed by atoms with Crippen molar-refractivity contribution < 1.29 is 4.74 Å². The van der Waals surface area contributed by atoms with Gasteiger partial charge in [0.15, 0.2) is 0 Å². The molecular weight excluding hydrogens is 162 g/mol. The van der Waals surface area contributed by atoms with Crippen molar-refractivity contribution in [3.05, 3.63) is 0 Å². The van der Waals surface area contributed by atoms with Crippen molar-refractivity contribution in [3.63, 3.8) is 0 Å². The van der Waals surface area contributed by atoms with E-state index < -0.39 is 0 Å². The predicted molar refractivity (Wildman–Crippen MR) is 58.1 cm³/mol. The molecule has 0 radical (unpaired) electrons. The lowest BCUT2D eigenvalue weighted by Gasteiger charge is -2.03. The summed E-state index contributed by atoms with van der Waals surface area (Å²) in [7, 11) is 1.77. The van der Waals surface area contributed by atoms with Crippen LogP contribution < -0.4 is 5.32 Å². The third-order valence-electron chi connectivity index (χ3n) is 2.16. The molecular formula is C11H25NO. The molecule has 0 aromatic heterocycles. The van der Waals surface area contributed by atoms with Gasteiger partial charge in [-0.1, -0.05) is 19.8 Å². The molecule has 0 unspecified atom stereocenters. The number of rotatable bonds is 10. The SMILES string of the molecule is CCCCCNCCCCCOC. The Morgan fingerprint density at radius 1 is 0.923 bits per heavy atom. The fraction of sp³-hybridized carbons (Fsp3) is 1.00. The van der Waals surface area contributed by atoms with Crippen LogP contribution in [0.3, 0.4) is 0 Å². The van der Waals surface area contributed by atoms with E-state index in [9.17, 15) is 0 Å². The number of hydrogen-bond acceptors (Lipinski definition) is 2. The first kappa shape index (κ1) is 12.9. The van der Waals surface area contributed by atoms with Gasteiger partial charge in [-0.2, -0.15) is 0 Å². The Morgan fingerprint density at radius 3 is 2.23 bits per heavy atom. The monoisotopic (exact) mass is 187 g/mol. The van der Waals surface area contributed by atoms with E-state index in [-0.39, 0.29) is 0 Å². The van der Waals surface area contributed by atoms with Crippen LogP contribution in [0.2, 0.25) is 0 Å². The van der Waals surface area contributed by atoms with Gasteiger partial charge in [0, 0.05) is 13.7 Å². The molecule has 0 aliphatic rings. The molecule has 0 aliphatic heterocycles. The Balaban J connectivity index is 2.76. The van der Waals surface area contributed by atoms with E-state index >= 15 is 0 Å². The molecule has 0 aromatic carbocycles. The molecule has 0 heterocycles. The van der Waals surface area contributed by atoms with Gasteiger partial charge in [0.25, 0.3) is 0 Å². The van der Waals surface area contributed by atoms with E-state index in [0.717, 1.165) is 6.61 Å². The lowest BCUT2D eigenvalue weighted by Crippen LogP contribution is -2.16. The molecule has 0 aromatic rings. The van der Waals surface area contributed by atoms with Crippen molar-refractivity contribution in [1.29, 1.82) is 0 Å². The minimum atomic E-state index is 0.913. The van der Waals surface area contributed by atoms with Crippen molar-refractivity contribution >= 4 is 0 Å². The Morgan fingerprint density at radius 2 is 1.62 bits per heavy atom. The van der Waals surface area contributed by atoms with Crippen molar-refractivity contribution in [2.75, 3.05) is 26.8 Å². The summed E-state index contributed by atoms with van der Waals surface area (Å²) >= 11 is 0. The minimum Gasteiger partial charge on any atom is -0.385 e. The van der Waals surface area contributed by atoms with Gasteiger partial charge in [0.1, 0.15) is 0 Å². The molecule has 13 heavy (non-hydrogen) atoms. The largest absolute Gasteiger partial charge is 0.385 e. The predicted octanol–water partition coefficient (Wildman–Crippen LogP) is 2.58. The van der Waals surface area contributed by atoms with Crippen LogP contribution in [0, 0.1) is 0 Å². The van der Waals surface area contributed by atoms with Gasteiger partial charge in [0.2, 0.25) is 0 Å². The lowest BCUT2D eigenvalue weighted by atomic mass is 10.2. The molecule has 80 valence electrons. The molecule has 0 spiro atoms. The van der Waals surface area contributed by atoms with Crippen molar-refractivity contribution in [1.82, 2.24) is 5.32 Å². The van der Waals surface area contributed by atoms with Gasteiger partial charge in [-0.3, -0.25) is 0 Å². The van der Waals surface area contributed by atoms with Crippen molar-refractivity contribution in [2.24, 2.45) is 0 Å². The Bertz CT molecular complexity index is 76.2. The zero-order valence-electron chi connectivity index (χ0n) is 9.27. The van der Waals surface area contributed by atoms with Gasteiger partial charge >= 0.3 is 0 Å². The van der Waals surface area contributed by atoms with Crippen LogP contribution in [-0.4, -0.2) is 26.8 Å². The van der Waals surface area contributed by atoms with Crippen LogP contribution in [0.4, 0.5) is 0 Å². The first-order chi connectivity index (χ1) is 6.41. The zero-order chi connectivity index (χ0) is 9.78. The Kier molecular flexibility index (Phi) is 11.8. The fourth-order valence-corrected chi connectivity index (χ4v) is 1.30. The molecule has 0 amide bonds. The maximum Gasteiger partial charge on any atom is 0.0462 e. The number of methoxy groups -OCH3 is 1. The first-order valence-electron chi connectivity index (χ1n) is 5.61. The summed E-state index contributed by atoms with van der Waals surface area (Å²) in [5.74, 6) is 0. The second-order valence-corrected chi connectivity index (χ2v) is 3.51. The second kappa shape index (κ2) is 11.9. The Labute approximate surface area is 83.1 Å². The van der Waals surface area contributed by atoms with Gasteiger partial charge in [0.05, 0.1) is 0 Å². The summed E-state index contributed by atoms with van der Waals surface area (Å²) in [6.45, 7) is 5.52. The van der Waals surface area contributed by atoms with Crippen LogP contribution in [0.25, 0.3) is 0 Å². The molecule has 2 heteroatoms. The molecule has 0 atom stereocenters. The molecule has 0 rings (SSSR count). The van der Waals surface area contributed by atoms with Crippen molar-refractivity contribution in [2.45, 2.75) is 45.4 Å². The molecule has 0 aliphatic carbocycles. The molecule has 1 N–H and O–H groups in total. The van der Waals surface area contributed by atoms with E-state index in [1.54, 1.807) is 7.11 Å². The molecule has 0 saturated heterocycles. The van der Waals surface area contributed by atoms with Gasteiger partial charge < -0.3 is 10.1 Å². The maximum absolute atomic E-state index is 4.98. The number of hydrogen-bond donors (Lipinski definition) is 1. The average molecular weight is 187 g/mol. The summed E-state index contributed by atoms with van der Waals surface area (Å²) < 4.78 is 4.98. The quantitative estimate of drug-likeness (QED) is 0.531. The molecule has 0 bridgehead atoms. The summed E-state index contributed by atoms with van der Waals surface area (Å²) in [5, 5.41) is 3.46. The van der Waals surface area contributed by atoms with Gasteiger partial charge in [-0.05, 0) is 38.8 Å². The third-order valence-corrected chi connectivity index (χ3v) is 2.16. The van der Waals surface area contributed by atoms with Crippen LogP contribution in [-0.2, 0) is 4.74 Å². The van der Waals surface area contributed by atoms with E-state index in [1.807, 2.05) is 0 Å². The van der Waals surface area contributed by atoms with E-state index in [2.05, 4.69) is 12.2 Å². The summed E-state index contributed by atoms with van der Waals surface area (Å²) in [6, 6.07) is 0. The van der Waals surface area contributed by atoms with Crippen LogP contribution in [0.15, 0.2) is 0 Å². The molecule has 2 nitrogen and oxygen atoms in total. The Hall–Kier alpha value is -0.0800. The third kappa shape index (κ3) is 11.9. The highest BCUT2D eigenvalue weighted by atomic mass is 16.5. The lowest BCUT2D eigenvalue weighted by molar-refractivity contribution is 0.192. The maximum atomic E-state index is 4.98. The fourth-order valence-electron chi connectivity index (χ4n) is 1.30. The van der Waals surface area contributed by atoms with E-state index in [0.29, 0.717) is 0 Å². The molecule has 0 fully saturated rings. The number of unbranched alkanes of at least 4 members (excludes halogenated alkanes) is 4. The highest BCUT2D eigenvalue weighted by Crippen LogP contribution is 1.95. The molecule has 0 saturated carbocycles. The normalized spacial score (nSPS) is 10.6. The highest BCUT2D eigenvalue weighted by molar-refractivity contribution is 4.49. The highest BCUT2D eigenvalue weighted by Gasteiger charge is 1.89. The van der Waals surface area contributed by atoms with Crippen LogP contribution in [0.1, 0.15) is 45.4 Å². The van der Waals surface area contributed by atoms with E-state index in [4.69, 9.17) is 4.74 Å². The summed E-state index contributed by atoms with van der Waals surface area (Å²) in [5.41, 5.74) is 0. The standard InChI is InChI=1S/C11H25NO/c1-3-4-6-9-12-10-7-5-8-11-13-2/h12H,3-11H2,1-2H3. The zero-order valence-corrected chi connectivity index (χ0v) is 9.27. The summed E-state index contributed by atoms with van der Waals surface area (Å²) in [6.07, 6.45) is 7.78. The average Bonchev–Trinajstić information content (AvgIpc) is 2.16. The van der Waals surface area contributed by atoms with Gasteiger partial charge in [-0.25, -0.2) is 0 Å². The van der Waals surface area contributed by atoms with Crippen LogP contribution >= 0.6 is 0 Å². The summed E-state index contributed by atoms with van der Waals surface area (Å²) in [4.78, 5) is 0. The number of ether oxygens (including phenoxy) is 1. The number of nitrogens with one attached hydrogen (secondary N) is 1. The van der Waals surface area contributed by atoms with Crippen LogP contribution in [0.5, 0.6) is 0 Å². The smallest absolute Gasteiger partial charge is 0.0462 e. The van der Waals surface area contributed by atoms with Gasteiger partial charge in [-0.15, -0.1) is 0 Å². The second-order valence-electron chi connectivity index (χ2n) is 3.51. The first-order valence-corrected chi connectivity index (χ1v) is 5.61. The topological polar surface area (TPSA) is 21.3 Å². The van der Waals surface area contributed by atoms with Crippen molar-refractivity contribution in [3.8, 4) is 0 Å². The van der Waals surface area contributed by atoms with E-state index in [1.165, 1.54) is 51.6 Å². The minimum absolute atomic E-state index is 0.913.